The lowest BCUT2D eigenvalue weighted by Gasteiger charge is -2.24. The van der Waals surface area contributed by atoms with Crippen LogP contribution in [0.3, 0.4) is 0 Å². The molecule has 0 fully saturated rings. The van der Waals surface area contributed by atoms with Gasteiger partial charge in [-0.2, -0.15) is 0 Å². The summed E-state index contributed by atoms with van der Waals surface area (Å²) in [6, 6.07) is 10.3. The lowest BCUT2D eigenvalue weighted by Crippen LogP contribution is -2.39. The van der Waals surface area contributed by atoms with Crippen molar-refractivity contribution in [3.8, 4) is 11.5 Å². The first kappa shape index (κ1) is 24.9. The number of allylic oxidation sites excluding steroid dienone is 1. The predicted molar refractivity (Wildman–Crippen MR) is 139 cm³/mol. The minimum atomic E-state index is -0.657. The van der Waals surface area contributed by atoms with Gasteiger partial charge < -0.3 is 14.6 Å². The number of phenols is 1. The van der Waals surface area contributed by atoms with Crippen LogP contribution in [-0.2, 0) is 9.53 Å². The van der Waals surface area contributed by atoms with Crippen molar-refractivity contribution in [2.45, 2.75) is 33.7 Å². The Morgan fingerprint density at radius 3 is 2.57 bits per heavy atom. The number of halogens is 1. The highest BCUT2D eigenvalue weighted by atomic mass is 79.9. The first-order valence-electron chi connectivity index (χ1n) is 11.2. The van der Waals surface area contributed by atoms with E-state index in [1.165, 1.54) is 17.4 Å². The number of thiazole rings is 1. The predicted octanol–water partition coefficient (Wildman–Crippen LogP) is 3.97. The largest absolute Gasteiger partial charge is 0.504 e. The van der Waals surface area contributed by atoms with E-state index in [1.807, 2.05) is 38.1 Å². The number of aromatic hydroxyl groups is 1. The standard InChI is InChI=1S/C26H25BrN2O5S/c1-5-33-20-11-17(18(27)13-19(20)30)12-21-24(31)29-23(16-9-7-14(3)8-10-16)22(25(32)34-6-2)15(4)28-26(29)35-21/h7-13,23,30H,5-6H2,1-4H3/b21-12+/t23-/m1/s1. The van der Waals surface area contributed by atoms with Crippen molar-refractivity contribution in [2.24, 2.45) is 4.99 Å². The third-order valence-corrected chi connectivity index (χ3v) is 7.24. The molecule has 1 N–H and O–H groups in total. The number of nitrogens with zero attached hydrogens (tertiary/aromatic N) is 2. The van der Waals surface area contributed by atoms with Gasteiger partial charge in [-0.25, -0.2) is 9.79 Å². The van der Waals surface area contributed by atoms with Gasteiger partial charge >= 0.3 is 5.97 Å². The molecule has 0 aliphatic carbocycles. The van der Waals surface area contributed by atoms with Gasteiger partial charge in [0.1, 0.15) is 0 Å². The van der Waals surface area contributed by atoms with Crippen LogP contribution in [0.4, 0.5) is 0 Å². The summed E-state index contributed by atoms with van der Waals surface area (Å²) >= 11 is 4.69. The fourth-order valence-electron chi connectivity index (χ4n) is 3.94. The van der Waals surface area contributed by atoms with Crippen LogP contribution in [0.5, 0.6) is 11.5 Å². The third kappa shape index (κ3) is 4.83. The molecule has 9 heteroatoms. The molecule has 1 atom stereocenters. The van der Waals surface area contributed by atoms with E-state index in [0.29, 0.717) is 43.0 Å². The van der Waals surface area contributed by atoms with Crippen molar-refractivity contribution in [1.82, 2.24) is 4.57 Å². The number of aromatic nitrogens is 1. The van der Waals surface area contributed by atoms with Crippen LogP contribution in [0.1, 0.15) is 43.5 Å². The Bertz CT molecular complexity index is 1500. The SMILES string of the molecule is CCOC(=O)C1=C(C)N=c2s/c(=C/c3cc(OCC)c(O)cc3Br)c(=O)n2[C@@H]1c1ccc(C)cc1. The molecule has 2 aromatic carbocycles. The molecular weight excluding hydrogens is 532 g/mol. The zero-order chi connectivity index (χ0) is 25.3. The normalized spacial score (nSPS) is 15.6. The Morgan fingerprint density at radius 2 is 1.91 bits per heavy atom. The van der Waals surface area contributed by atoms with E-state index in [1.54, 1.807) is 30.6 Å². The maximum Gasteiger partial charge on any atom is 0.338 e. The zero-order valence-corrected chi connectivity index (χ0v) is 22.2. The van der Waals surface area contributed by atoms with Crippen LogP contribution < -0.4 is 19.6 Å². The van der Waals surface area contributed by atoms with Gasteiger partial charge in [0.2, 0.25) is 0 Å². The molecule has 0 spiro atoms. The second-order valence-corrected chi connectivity index (χ2v) is 9.85. The molecular formula is C26H25BrN2O5S. The number of phenolic OH excluding ortho intramolecular Hbond substituents is 1. The molecule has 3 aromatic rings. The van der Waals surface area contributed by atoms with E-state index in [-0.39, 0.29) is 17.9 Å². The van der Waals surface area contributed by atoms with Gasteiger partial charge in [-0.15, -0.1) is 0 Å². The molecule has 0 saturated carbocycles. The lowest BCUT2D eigenvalue weighted by molar-refractivity contribution is -0.139. The smallest absolute Gasteiger partial charge is 0.338 e. The Morgan fingerprint density at radius 1 is 1.20 bits per heavy atom. The second kappa shape index (κ2) is 10.2. The van der Waals surface area contributed by atoms with Crippen LogP contribution in [0.15, 0.2) is 61.9 Å². The first-order valence-corrected chi connectivity index (χ1v) is 12.8. The molecule has 0 saturated heterocycles. The number of rotatable bonds is 6. The summed E-state index contributed by atoms with van der Waals surface area (Å²) in [5, 5.41) is 10.1. The summed E-state index contributed by atoms with van der Waals surface area (Å²) in [5.41, 5.74) is 3.13. The Kier molecular flexibility index (Phi) is 7.28. The molecule has 35 heavy (non-hydrogen) atoms. The van der Waals surface area contributed by atoms with Crippen LogP contribution in [0, 0.1) is 6.92 Å². The zero-order valence-electron chi connectivity index (χ0n) is 19.8. The van der Waals surface area contributed by atoms with Gasteiger partial charge in [-0.3, -0.25) is 9.36 Å². The van der Waals surface area contributed by atoms with Gasteiger partial charge in [-0.1, -0.05) is 57.1 Å². The summed E-state index contributed by atoms with van der Waals surface area (Å²) in [6.07, 6.45) is 1.73. The number of hydrogen-bond donors (Lipinski definition) is 1. The number of fused-ring (bicyclic) bond motifs is 1. The van der Waals surface area contributed by atoms with Gasteiger partial charge in [-0.05, 0) is 57.0 Å². The molecule has 2 heterocycles. The van der Waals surface area contributed by atoms with Crippen molar-refractivity contribution in [2.75, 3.05) is 13.2 Å². The van der Waals surface area contributed by atoms with E-state index >= 15 is 0 Å². The monoisotopic (exact) mass is 556 g/mol. The van der Waals surface area contributed by atoms with Crippen LogP contribution in [0.2, 0.25) is 0 Å². The van der Waals surface area contributed by atoms with Crippen molar-refractivity contribution >= 4 is 39.3 Å². The average Bonchev–Trinajstić information content (AvgIpc) is 3.11. The summed E-state index contributed by atoms with van der Waals surface area (Å²) in [5.74, 6) is -0.157. The van der Waals surface area contributed by atoms with Gasteiger partial charge in [0.15, 0.2) is 16.3 Å². The number of hydrogen-bond acceptors (Lipinski definition) is 7. The summed E-state index contributed by atoms with van der Waals surface area (Å²) in [4.78, 5) is 31.7. The van der Waals surface area contributed by atoms with E-state index < -0.39 is 12.0 Å². The summed E-state index contributed by atoms with van der Waals surface area (Å²) in [6.45, 7) is 7.93. The van der Waals surface area contributed by atoms with E-state index in [0.717, 1.165) is 11.1 Å². The molecule has 0 radical (unpaired) electrons. The number of benzene rings is 2. The summed E-state index contributed by atoms with van der Waals surface area (Å²) < 4.78 is 13.4. The van der Waals surface area contributed by atoms with Crippen molar-refractivity contribution < 1.29 is 19.4 Å². The van der Waals surface area contributed by atoms with Crippen LogP contribution in [-0.4, -0.2) is 28.9 Å². The topological polar surface area (TPSA) is 90.1 Å². The number of esters is 1. The van der Waals surface area contributed by atoms with E-state index in [4.69, 9.17) is 9.47 Å². The highest BCUT2D eigenvalue weighted by Crippen LogP contribution is 2.33. The lowest BCUT2D eigenvalue weighted by atomic mass is 9.95. The second-order valence-electron chi connectivity index (χ2n) is 7.99. The maximum absolute atomic E-state index is 13.7. The number of carbonyl (C=O) groups is 1. The molecule has 1 aliphatic rings. The maximum atomic E-state index is 13.7. The summed E-state index contributed by atoms with van der Waals surface area (Å²) in [7, 11) is 0. The number of aryl methyl sites for hydroxylation is 1. The fraction of sp³-hybridized carbons (Fsp3) is 0.269. The van der Waals surface area contributed by atoms with Crippen LogP contribution in [0.25, 0.3) is 6.08 Å². The van der Waals surface area contributed by atoms with Crippen molar-refractivity contribution in [1.29, 1.82) is 0 Å². The molecule has 4 rings (SSSR count). The van der Waals surface area contributed by atoms with Gasteiger partial charge in [0, 0.05) is 4.47 Å². The third-order valence-electron chi connectivity index (χ3n) is 5.57. The van der Waals surface area contributed by atoms with Gasteiger partial charge in [0.25, 0.3) is 5.56 Å². The minimum Gasteiger partial charge on any atom is -0.504 e. The highest BCUT2D eigenvalue weighted by molar-refractivity contribution is 9.10. The van der Waals surface area contributed by atoms with E-state index in [2.05, 4.69) is 20.9 Å². The molecule has 1 aromatic heterocycles. The molecule has 7 nitrogen and oxygen atoms in total. The Hall–Kier alpha value is -3.17. The van der Waals surface area contributed by atoms with Crippen molar-refractivity contribution in [3.05, 3.63) is 88.5 Å². The minimum absolute atomic E-state index is 0.00593. The highest BCUT2D eigenvalue weighted by Gasteiger charge is 2.33. The quantitative estimate of drug-likeness (QED) is 0.464. The van der Waals surface area contributed by atoms with Crippen LogP contribution >= 0.6 is 27.3 Å². The number of carbonyl (C=O) groups excluding carboxylic acids is 1. The molecule has 0 bridgehead atoms. The molecule has 1 aliphatic heterocycles. The average molecular weight is 557 g/mol. The van der Waals surface area contributed by atoms with E-state index in [9.17, 15) is 14.7 Å². The molecule has 182 valence electrons. The fourth-order valence-corrected chi connectivity index (χ4v) is 5.42. The van der Waals surface area contributed by atoms with Crippen molar-refractivity contribution in [3.63, 3.8) is 0 Å². The first-order chi connectivity index (χ1) is 16.7. The number of ether oxygens (including phenoxy) is 2. The Labute approximate surface area is 214 Å². The Balaban J connectivity index is 1.94. The molecule has 0 unspecified atom stereocenters. The molecule has 0 amide bonds. The van der Waals surface area contributed by atoms with Gasteiger partial charge in [0.05, 0.1) is 35.1 Å².